The van der Waals surface area contributed by atoms with Gasteiger partial charge >= 0.3 is 5.63 Å². The lowest BCUT2D eigenvalue weighted by Crippen LogP contribution is -2.32. The maximum atomic E-state index is 12.5. The van der Waals surface area contributed by atoms with E-state index in [-0.39, 0.29) is 23.9 Å². The first-order chi connectivity index (χ1) is 13.7. The van der Waals surface area contributed by atoms with Crippen molar-refractivity contribution in [1.29, 1.82) is 0 Å². The van der Waals surface area contributed by atoms with Crippen LogP contribution in [0.4, 0.5) is 0 Å². The summed E-state index contributed by atoms with van der Waals surface area (Å²) in [7, 11) is -3.51. The SMILES string of the molecule is CC(C)NS(=O)(=O)Cc1ccccc1CNC(=O)c1cc2ccccc2oc1=O. The van der Waals surface area contributed by atoms with E-state index in [4.69, 9.17) is 4.42 Å². The van der Waals surface area contributed by atoms with Gasteiger partial charge in [0.25, 0.3) is 5.91 Å². The normalized spacial score (nSPS) is 11.7. The van der Waals surface area contributed by atoms with E-state index in [1.807, 2.05) is 0 Å². The third-order valence-electron chi connectivity index (χ3n) is 4.20. The molecule has 0 radical (unpaired) electrons. The Labute approximate surface area is 168 Å². The third kappa shape index (κ3) is 5.30. The zero-order valence-corrected chi connectivity index (χ0v) is 17.0. The summed E-state index contributed by atoms with van der Waals surface area (Å²) in [6.45, 7) is 3.58. The van der Waals surface area contributed by atoms with Crippen LogP contribution >= 0.6 is 0 Å². The molecule has 0 bridgehead atoms. The molecule has 0 fully saturated rings. The molecule has 2 N–H and O–H groups in total. The van der Waals surface area contributed by atoms with Gasteiger partial charge in [0.2, 0.25) is 10.0 Å². The Morgan fingerprint density at radius 1 is 1.03 bits per heavy atom. The number of rotatable bonds is 7. The van der Waals surface area contributed by atoms with Gasteiger partial charge in [0, 0.05) is 18.0 Å². The van der Waals surface area contributed by atoms with E-state index in [1.54, 1.807) is 62.4 Å². The molecule has 0 aliphatic carbocycles. The molecule has 3 rings (SSSR count). The fourth-order valence-corrected chi connectivity index (χ4v) is 4.46. The molecule has 3 aromatic rings. The molecule has 29 heavy (non-hydrogen) atoms. The van der Waals surface area contributed by atoms with Gasteiger partial charge in [-0.15, -0.1) is 0 Å². The largest absolute Gasteiger partial charge is 0.422 e. The minimum absolute atomic E-state index is 0.0818. The number of carbonyl (C=O) groups is 1. The number of amides is 1. The van der Waals surface area contributed by atoms with Crippen LogP contribution in [0.25, 0.3) is 11.0 Å². The van der Waals surface area contributed by atoms with Gasteiger partial charge in [-0.3, -0.25) is 4.79 Å². The summed E-state index contributed by atoms with van der Waals surface area (Å²) in [6, 6.07) is 15.1. The van der Waals surface area contributed by atoms with Crippen LogP contribution in [-0.2, 0) is 22.3 Å². The van der Waals surface area contributed by atoms with Crippen LogP contribution in [0.5, 0.6) is 0 Å². The standard InChI is InChI=1S/C21H22N2O5S/c1-14(2)23-29(26,27)13-17-9-4-3-8-16(17)12-22-20(24)18-11-15-7-5-6-10-19(15)28-21(18)25/h3-11,14,23H,12-13H2,1-2H3,(H,22,24). The van der Waals surface area contributed by atoms with E-state index in [0.29, 0.717) is 22.1 Å². The average Bonchev–Trinajstić information content (AvgIpc) is 2.65. The van der Waals surface area contributed by atoms with Crippen LogP contribution in [-0.4, -0.2) is 20.4 Å². The van der Waals surface area contributed by atoms with Crippen LogP contribution in [0.1, 0.15) is 35.3 Å². The Morgan fingerprint density at radius 3 is 2.41 bits per heavy atom. The van der Waals surface area contributed by atoms with E-state index in [2.05, 4.69) is 10.0 Å². The maximum absolute atomic E-state index is 12.5. The monoisotopic (exact) mass is 414 g/mol. The van der Waals surface area contributed by atoms with Crippen molar-refractivity contribution in [2.45, 2.75) is 32.2 Å². The van der Waals surface area contributed by atoms with Crippen molar-refractivity contribution in [3.05, 3.63) is 81.7 Å². The average molecular weight is 414 g/mol. The van der Waals surface area contributed by atoms with E-state index < -0.39 is 21.6 Å². The van der Waals surface area contributed by atoms with Gasteiger partial charge in [0.15, 0.2) is 0 Å². The highest BCUT2D eigenvalue weighted by atomic mass is 32.2. The zero-order chi connectivity index (χ0) is 21.0. The number of hydrogen-bond donors (Lipinski definition) is 2. The lowest BCUT2D eigenvalue weighted by molar-refractivity contribution is 0.0947. The van der Waals surface area contributed by atoms with Gasteiger partial charge in [-0.1, -0.05) is 42.5 Å². The molecule has 2 aromatic carbocycles. The molecule has 0 atom stereocenters. The maximum Gasteiger partial charge on any atom is 0.349 e. The Kier molecular flexibility index (Phi) is 6.14. The highest BCUT2D eigenvalue weighted by Crippen LogP contribution is 2.14. The smallest absolute Gasteiger partial charge is 0.349 e. The minimum atomic E-state index is -3.51. The molecule has 0 saturated carbocycles. The van der Waals surface area contributed by atoms with Crippen molar-refractivity contribution in [3.8, 4) is 0 Å². The van der Waals surface area contributed by atoms with Crippen LogP contribution in [0.3, 0.4) is 0 Å². The first-order valence-electron chi connectivity index (χ1n) is 9.13. The Bertz CT molecular complexity index is 1200. The topological polar surface area (TPSA) is 105 Å². The second kappa shape index (κ2) is 8.59. The van der Waals surface area contributed by atoms with E-state index >= 15 is 0 Å². The molecule has 0 aliphatic rings. The van der Waals surface area contributed by atoms with Crippen LogP contribution in [0.2, 0.25) is 0 Å². The van der Waals surface area contributed by atoms with Crippen molar-refractivity contribution in [3.63, 3.8) is 0 Å². The highest BCUT2D eigenvalue weighted by molar-refractivity contribution is 7.88. The van der Waals surface area contributed by atoms with Gasteiger partial charge in [0.1, 0.15) is 11.1 Å². The molecule has 8 heteroatoms. The van der Waals surface area contributed by atoms with Gasteiger partial charge < -0.3 is 9.73 Å². The number of para-hydroxylation sites is 1. The van der Waals surface area contributed by atoms with Crippen LogP contribution in [0.15, 0.2) is 63.8 Å². The fourth-order valence-electron chi connectivity index (χ4n) is 2.97. The Hall–Kier alpha value is -2.97. The van der Waals surface area contributed by atoms with Crippen LogP contribution in [0, 0.1) is 0 Å². The summed E-state index contributed by atoms with van der Waals surface area (Å²) >= 11 is 0. The molecule has 1 amide bonds. The predicted octanol–water partition coefficient (Wildman–Crippen LogP) is 2.55. The lowest BCUT2D eigenvalue weighted by Gasteiger charge is -2.13. The summed E-state index contributed by atoms with van der Waals surface area (Å²) in [6.07, 6.45) is 0. The third-order valence-corrected chi connectivity index (χ3v) is 5.73. The number of nitrogens with one attached hydrogen (secondary N) is 2. The van der Waals surface area contributed by atoms with Gasteiger partial charge in [0.05, 0.1) is 5.75 Å². The van der Waals surface area contributed by atoms with Crippen molar-refractivity contribution in [1.82, 2.24) is 10.0 Å². The van der Waals surface area contributed by atoms with Gasteiger partial charge in [-0.2, -0.15) is 0 Å². The first kappa shape index (κ1) is 20.8. The van der Waals surface area contributed by atoms with Crippen molar-refractivity contribution in [2.24, 2.45) is 0 Å². The molecular weight excluding hydrogens is 392 g/mol. The Balaban J connectivity index is 1.78. The first-order valence-corrected chi connectivity index (χ1v) is 10.8. The molecule has 0 saturated heterocycles. The van der Waals surface area contributed by atoms with E-state index in [1.165, 1.54) is 6.07 Å². The quantitative estimate of drug-likeness (QED) is 0.578. The molecule has 152 valence electrons. The molecule has 7 nitrogen and oxygen atoms in total. The number of benzene rings is 2. The summed E-state index contributed by atoms with van der Waals surface area (Å²) in [5.41, 5.74) is 0.808. The highest BCUT2D eigenvalue weighted by Gasteiger charge is 2.17. The summed E-state index contributed by atoms with van der Waals surface area (Å²) in [5, 5.41) is 3.32. The minimum Gasteiger partial charge on any atom is -0.422 e. The number of fused-ring (bicyclic) bond motifs is 1. The number of hydrogen-bond acceptors (Lipinski definition) is 5. The van der Waals surface area contributed by atoms with E-state index in [0.717, 1.165) is 0 Å². The predicted molar refractivity (Wildman–Crippen MR) is 111 cm³/mol. The molecule has 0 spiro atoms. The molecule has 1 heterocycles. The lowest BCUT2D eigenvalue weighted by atomic mass is 10.1. The number of sulfonamides is 1. The second-order valence-corrected chi connectivity index (χ2v) is 8.72. The summed E-state index contributed by atoms with van der Waals surface area (Å²) in [5.74, 6) is -0.780. The zero-order valence-electron chi connectivity index (χ0n) is 16.1. The van der Waals surface area contributed by atoms with E-state index in [9.17, 15) is 18.0 Å². The second-order valence-electron chi connectivity index (χ2n) is 6.97. The summed E-state index contributed by atoms with van der Waals surface area (Å²) < 4.78 is 32.2. The Morgan fingerprint density at radius 2 is 1.69 bits per heavy atom. The van der Waals surface area contributed by atoms with Crippen molar-refractivity contribution < 1.29 is 17.6 Å². The van der Waals surface area contributed by atoms with Crippen LogP contribution < -0.4 is 15.7 Å². The molecule has 1 aromatic heterocycles. The van der Waals surface area contributed by atoms with Gasteiger partial charge in [-0.25, -0.2) is 17.9 Å². The summed E-state index contributed by atoms with van der Waals surface area (Å²) in [4.78, 5) is 24.7. The molecular formula is C21H22N2O5S. The molecule has 0 unspecified atom stereocenters. The van der Waals surface area contributed by atoms with Crippen molar-refractivity contribution in [2.75, 3.05) is 0 Å². The molecule has 0 aliphatic heterocycles. The van der Waals surface area contributed by atoms with Crippen molar-refractivity contribution >= 4 is 26.9 Å². The van der Waals surface area contributed by atoms with Gasteiger partial charge in [-0.05, 0) is 37.1 Å². The number of carbonyl (C=O) groups excluding carboxylic acids is 1. The fraction of sp³-hybridized carbons (Fsp3) is 0.238.